The molecule has 1 heterocycles. The third-order valence-corrected chi connectivity index (χ3v) is 2.99. The van der Waals surface area contributed by atoms with E-state index in [4.69, 9.17) is 5.73 Å². The monoisotopic (exact) mass is 222 g/mol. The van der Waals surface area contributed by atoms with Gasteiger partial charge in [0, 0.05) is 26.3 Å². The van der Waals surface area contributed by atoms with Gasteiger partial charge in [0.15, 0.2) is 0 Å². The molecule has 1 fully saturated rings. The zero-order valence-electron chi connectivity index (χ0n) is 9.50. The van der Waals surface area contributed by atoms with Crippen molar-refractivity contribution in [3.05, 3.63) is 18.0 Å². The summed E-state index contributed by atoms with van der Waals surface area (Å²) in [5.41, 5.74) is 6.39. The lowest BCUT2D eigenvalue weighted by Crippen LogP contribution is -2.37. The van der Waals surface area contributed by atoms with Crippen molar-refractivity contribution >= 4 is 5.95 Å². The summed E-state index contributed by atoms with van der Waals surface area (Å²) in [7, 11) is 1.97. The van der Waals surface area contributed by atoms with Crippen LogP contribution in [0.15, 0.2) is 12.3 Å². The van der Waals surface area contributed by atoms with E-state index in [1.54, 1.807) is 6.20 Å². The minimum absolute atomic E-state index is 0.102. The van der Waals surface area contributed by atoms with Gasteiger partial charge in [0.25, 0.3) is 0 Å². The highest BCUT2D eigenvalue weighted by Gasteiger charge is 2.28. The van der Waals surface area contributed by atoms with Crippen molar-refractivity contribution in [1.29, 1.82) is 0 Å². The molecule has 1 saturated carbocycles. The van der Waals surface area contributed by atoms with E-state index < -0.39 is 0 Å². The van der Waals surface area contributed by atoms with Crippen LogP contribution in [0.1, 0.15) is 18.5 Å². The maximum absolute atomic E-state index is 9.22. The van der Waals surface area contributed by atoms with E-state index in [1.165, 1.54) is 0 Å². The third-order valence-electron chi connectivity index (χ3n) is 2.99. The highest BCUT2D eigenvalue weighted by Crippen LogP contribution is 2.28. The van der Waals surface area contributed by atoms with E-state index in [2.05, 4.69) is 9.97 Å². The zero-order chi connectivity index (χ0) is 11.5. The first kappa shape index (κ1) is 11.3. The smallest absolute Gasteiger partial charge is 0.225 e. The van der Waals surface area contributed by atoms with Gasteiger partial charge in [-0.1, -0.05) is 0 Å². The average molecular weight is 222 g/mol. The summed E-state index contributed by atoms with van der Waals surface area (Å²) in [5, 5.41) is 9.22. The summed E-state index contributed by atoms with van der Waals surface area (Å²) in [6, 6.07) is 1.82. The van der Waals surface area contributed by atoms with Crippen LogP contribution in [0, 0.1) is 5.92 Å². The summed E-state index contributed by atoms with van der Waals surface area (Å²) in [5.74, 6) is 1.27. The summed E-state index contributed by atoms with van der Waals surface area (Å²) in [4.78, 5) is 10.6. The van der Waals surface area contributed by atoms with Gasteiger partial charge in [-0.3, -0.25) is 0 Å². The molecule has 1 aromatic heterocycles. The van der Waals surface area contributed by atoms with E-state index in [9.17, 15) is 5.11 Å². The second-order valence-electron chi connectivity index (χ2n) is 4.42. The van der Waals surface area contributed by atoms with Crippen molar-refractivity contribution in [2.24, 2.45) is 11.7 Å². The number of hydrogen-bond donors (Lipinski definition) is 2. The van der Waals surface area contributed by atoms with Crippen LogP contribution >= 0.6 is 0 Å². The lowest BCUT2D eigenvalue weighted by Gasteiger charge is -2.34. The molecule has 3 N–H and O–H groups in total. The molecule has 0 bridgehead atoms. The predicted molar refractivity (Wildman–Crippen MR) is 61.9 cm³/mol. The first-order chi connectivity index (χ1) is 7.69. The Morgan fingerprint density at radius 1 is 1.56 bits per heavy atom. The van der Waals surface area contributed by atoms with Crippen molar-refractivity contribution in [3.8, 4) is 0 Å². The van der Waals surface area contributed by atoms with Crippen LogP contribution in [0.25, 0.3) is 0 Å². The van der Waals surface area contributed by atoms with E-state index >= 15 is 0 Å². The molecule has 16 heavy (non-hydrogen) atoms. The molecule has 0 amide bonds. The molecule has 88 valence electrons. The Morgan fingerprint density at radius 2 is 2.31 bits per heavy atom. The second-order valence-corrected chi connectivity index (χ2v) is 4.42. The minimum Gasteiger partial charge on any atom is -0.393 e. The Kier molecular flexibility index (Phi) is 3.36. The van der Waals surface area contributed by atoms with Crippen LogP contribution in [-0.4, -0.2) is 34.8 Å². The Balaban J connectivity index is 1.94. The molecule has 0 aliphatic heterocycles. The van der Waals surface area contributed by atoms with E-state index in [0.29, 0.717) is 18.4 Å². The standard InChI is InChI=1S/C11H18N4O/c1-15(7-8-4-10(16)5-8)11-13-3-2-9(6-12)14-11/h2-3,8,10,16H,4-7,12H2,1H3. The number of aromatic nitrogens is 2. The van der Waals surface area contributed by atoms with Crippen molar-refractivity contribution in [3.63, 3.8) is 0 Å². The van der Waals surface area contributed by atoms with Gasteiger partial charge >= 0.3 is 0 Å². The lowest BCUT2D eigenvalue weighted by atomic mass is 9.82. The van der Waals surface area contributed by atoms with Crippen LogP contribution in [-0.2, 0) is 6.54 Å². The van der Waals surface area contributed by atoms with Gasteiger partial charge in [-0.15, -0.1) is 0 Å². The average Bonchev–Trinajstić information content (AvgIpc) is 2.27. The van der Waals surface area contributed by atoms with Gasteiger partial charge in [-0.25, -0.2) is 9.97 Å². The van der Waals surface area contributed by atoms with Crippen LogP contribution < -0.4 is 10.6 Å². The van der Waals surface area contributed by atoms with Crippen LogP contribution in [0.3, 0.4) is 0 Å². The Hall–Kier alpha value is -1.20. The molecule has 0 unspecified atom stereocenters. The largest absolute Gasteiger partial charge is 0.393 e. The molecule has 0 atom stereocenters. The number of rotatable bonds is 4. The molecular formula is C11H18N4O. The number of aliphatic hydroxyl groups excluding tert-OH is 1. The first-order valence-corrected chi connectivity index (χ1v) is 5.60. The van der Waals surface area contributed by atoms with Gasteiger partial charge in [-0.2, -0.15) is 0 Å². The number of nitrogens with two attached hydrogens (primary N) is 1. The molecule has 5 nitrogen and oxygen atoms in total. The molecule has 0 spiro atoms. The topological polar surface area (TPSA) is 75.3 Å². The maximum atomic E-state index is 9.22. The van der Waals surface area contributed by atoms with Crippen molar-refractivity contribution < 1.29 is 5.11 Å². The molecule has 0 saturated heterocycles. The second kappa shape index (κ2) is 4.76. The fraction of sp³-hybridized carbons (Fsp3) is 0.636. The molecule has 1 aliphatic carbocycles. The van der Waals surface area contributed by atoms with Gasteiger partial charge in [0.05, 0.1) is 11.8 Å². The predicted octanol–water partition coefficient (Wildman–Crippen LogP) is 0.142. The Labute approximate surface area is 95.3 Å². The van der Waals surface area contributed by atoms with Crippen molar-refractivity contribution in [1.82, 2.24) is 9.97 Å². The molecular weight excluding hydrogens is 204 g/mol. The number of aliphatic hydroxyl groups is 1. The third kappa shape index (κ3) is 2.48. The number of anilines is 1. The van der Waals surface area contributed by atoms with Crippen LogP contribution in [0.2, 0.25) is 0 Å². The van der Waals surface area contributed by atoms with Gasteiger partial charge in [0.2, 0.25) is 5.95 Å². The van der Waals surface area contributed by atoms with Gasteiger partial charge in [-0.05, 0) is 24.8 Å². The maximum Gasteiger partial charge on any atom is 0.225 e. The SMILES string of the molecule is CN(CC1CC(O)C1)c1nccc(CN)n1. The molecule has 0 radical (unpaired) electrons. The normalized spacial score (nSPS) is 23.9. The summed E-state index contributed by atoms with van der Waals surface area (Å²) >= 11 is 0. The zero-order valence-corrected chi connectivity index (χ0v) is 9.50. The van der Waals surface area contributed by atoms with Crippen LogP contribution in [0.4, 0.5) is 5.95 Å². The Bertz CT molecular complexity index is 352. The quantitative estimate of drug-likeness (QED) is 0.758. The van der Waals surface area contributed by atoms with E-state index in [-0.39, 0.29) is 6.10 Å². The number of hydrogen-bond acceptors (Lipinski definition) is 5. The van der Waals surface area contributed by atoms with Gasteiger partial charge < -0.3 is 15.7 Å². The molecule has 2 rings (SSSR count). The first-order valence-electron chi connectivity index (χ1n) is 5.60. The summed E-state index contributed by atoms with van der Waals surface area (Å²) < 4.78 is 0. The number of nitrogens with zero attached hydrogens (tertiary/aromatic N) is 3. The minimum atomic E-state index is -0.102. The lowest BCUT2D eigenvalue weighted by molar-refractivity contribution is 0.0463. The van der Waals surface area contributed by atoms with Crippen molar-refractivity contribution in [2.75, 3.05) is 18.5 Å². The van der Waals surface area contributed by atoms with Gasteiger partial charge in [0.1, 0.15) is 0 Å². The Morgan fingerprint density at radius 3 is 2.94 bits per heavy atom. The summed E-state index contributed by atoms with van der Waals surface area (Å²) in [6.07, 6.45) is 3.41. The fourth-order valence-corrected chi connectivity index (χ4v) is 2.00. The van der Waals surface area contributed by atoms with Crippen LogP contribution in [0.5, 0.6) is 0 Å². The molecule has 0 aromatic carbocycles. The highest BCUT2D eigenvalue weighted by molar-refractivity contribution is 5.29. The highest BCUT2D eigenvalue weighted by atomic mass is 16.3. The fourth-order valence-electron chi connectivity index (χ4n) is 2.00. The van der Waals surface area contributed by atoms with E-state index in [0.717, 1.165) is 25.1 Å². The van der Waals surface area contributed by atoms with E-state index in [1.807, 2.05) is 18.0 Å². The summed E-state index contributed by atoms with van der Waals surface area (Å²) in [6.45, 7) is 1.33. The molecule has 1 aliphatic rings. The molecule has 1 aromatic rings. The molecule has 5 heteroatoms. The van der Waals surface area contributed by atoms with Crippen molar-refractivity contribution in [2.45, 2.75) is 25.5 Å².